The van der Waals surface area contributed by atoms with E-state index in [1.165, 1.54) is 32.1 Å². The maximum Gasteiger partial charge on any atom is 0.219 e. The summed E-state index contributed by atoms with van der Waals surface area (Å²) in [5.41, 5.74) is 0. The van der Waals surface area contributed by atoms with Crippen molar-refractivity contribution in [3.63, 3.8) is 0 Å². The van der Waals surface area contributed by atoms with Crippen LogP contribution < -0.4 is 0 Å². The van der Waals surface area contributed by atoms with Crippen molar-refractivity contribution >= 4 is 5.91 Å². The van der Waals surface area contributed by atoms with Gasteiger partial charge in [-0.05, 0) is 56.3 Å². The fourth-order valence-electron chi connectivity index (χ4n) is 2.71. The van der Waals surface area contributed by atoms with Crippen molar-refractivity contribution in [2.24, 2.45) is 17.8 Å². The van der Waals surface area contributed by atoms with Gasteiger partial charge in [-0.3, -0.25) is 4.79 Å². The number of amides is 1. The zero-order chi connectivity index (χ0) is 13.0. The predicted molar refractivity (Wildman–Crippen MR) is 75.2 cm³/mol. The van der Waals surface area contributed by atoms with Gasteiger partial charge in [-0.1, -0.05) is 19.1 Å². The summed E-state index contributed by atoms with van der Waals surface area (Å²) in [6.07, 6.45) is 12.3. The van der Waals surface area contributed by atoms with E-state index >= 15 is 0 Å². The Hall–Kier alpha value is -0.790. The molecule has 0 radical (unpaired) electrons. The molecule has 0 heterocycles. The van der Waals surface area contributed by atoms with Crippen LogP contribution >= 0.6 is 0 Å². The highest BCUT2D eigenvalue weighted by Crippen LogP contribution is 2.43. The summed E-state index contributed by atoms with van der Waals surface area (Å²) in [5, 5.41) is 0. The molecule has 2 aliphatic rings. The molecule has 2 heteroatoms. The Morgan fingerprint density at radius 2 is 2.00 bits per heavy atom. The normalized spacial score (nSPS) is 26.6. The second-order valence-electron chi connectivity index (χ2n) is 6.08. The number of allylic oxidation sites excluding steroid dienone is 2. The molecule has 2 saturated carbocycles. The predicted octanol–water partition coefficient (Wildman–Crippen LogP) is 3.63. The number of hydrogen-bond acceptors (Lipinski definition) is 1. The molecule has 0 spiro atoms. The molecule has 2 fully saturated rings. The second-order valence-corrected chi connectivity index (χ2v) is 6.08. The van der Waals surface area contributed by atoms with Gasteiger partial charge in [0, 0.05) is 20.0 Å². The summed E-state index contributed by atoms with van der Waals surface area (Å²) < 4.78 is 0. The lowest BCUT2D eigenvalue weighted by atomic mass is 10.1. The standard InChI is InChI=1S/C16H27NO/c1-3-4-5-6-7-15-10-16(15)12-17(13(2)18)11-14-8-9-14/h4-5,14-16H,3,6-12H2,1-2H3. The van der Waals surface area contributed by atoms with Crippen LogP contribution in [0, 0.1) is 17.8 Å². The Morgan fingerprint density at radius 3 is 2.61 bits per heavy atom. The number of nitrogens with zero attached hydrogens (tertiary/aromatic N) is 1. The molecule has 0 N–H and O–H groups in total. The van der Waals surface area contributed by atoms with Crippen molar-refractivity contribution < 1.29 is 4.79 Å². The summed E-state index contributed by atoms with van der Waals surface area (Å²) in [7, 11) is 0. The highest BCUT2D eigenvalue weighted by Gasteiger charge is 2.38. The molecule has 0 bridgehead atoms. The lowest BCUT2D eigenvalue weighted by molar-refractivity contribution is -0.129. The second kappa shape index (κ2) is 6.40. The van der Waals surface area contributed by atoms with Crippen LogP contribution in [0.25, 0.3) is 0 Å². The van der Waals surface area contributed by atoms with E-state index < -0.39 is 0 Å². The van der Waals surface area contributed by atoms with Gasteiger partial charge < -0.3 is 4.90 Å². The molecule has 102 valence electrons. The van der Waals surface area contributed by atoms with E-state index in [-0.39, 0.29) is 5.91 Å². The monoisotopic (exact) mass is 249 g/mol. The molecule has 0 saturated heterocycles. The topological polar surface area (TPSA) is 20.3 Å². The third kappa shape index (κ3) is 4.47. The van der Waals surface area contributed by atoms with Crippen LogP contribution in [0.5, 0.6) is 0 Å². The maximum atomic E-state index is 11.6. The lowest BCUT2D eigenvalue weighted by Crippen LogP contribution is -2.33. The first kappa shape index (κ1) is 13.6. The molecule has 0 aromatic heterocycles. The van der Waals surface area contributed by atoms with E-state index in [4.69, 9.17) is 0 Å². The van der Waals surface area contributed by atoms with Crippen LogP contribution in [-0.4, -0.2) is 23.9 Å². The van der Waals surface area contributed by atoms with E-state index in [1.54, 1.807) is 6.92 Å². The van der Waals surface area contributed by atoms with Crippen molar-refractivity contribution in [3.8, 4) is 0 Å². The van der Waals surface area contributed by atoms with Crippen molar-refractivity contribution in [1.29, 1.82) is 0 Å². The minimum Gasteiger partial charge on any atom is -0.342 e. The molecule has 2 nitrogen and oxygen atoms in total. The van der Waals surface area contributed by atoms with E-state index in [0.29, 0.717) is 0 Å². The van der Waals surface area contributed by atoms with Crippen LogP contribution in [0.1, 0.15) is 52.4 Å². The van der Waals surface area contributed by atoms with Gasteiger partial charge in [0.05, 0.1) is 0 Å². The summed E-state index contributed by atoms with van der Waals surface area (Å²) in [5.74, 6) is 2.77. The zero-order valence-corrected chi connectivity index (χ0v) is 11.9. The summed E-state index contributed by atoms with van der Waals surface area (Å²) in [6.45, 7) is 5.95. The highest BCUT2D eigenvalue weighted by atomic mass is 16.2. The number of carbonyl (C=O) groups excluding carboxylic acids is 1. The molecule has 1 amide bonds. The summed E-state index contributed by atoms with van der Waals surface area (Å²) >= 11 is 0. The molecule has 18 heavy (non-hydrogen) atoms. The smallest absolute Gasteiger partial charge is 0.219 e. The molecule has 2 aliphatic carbocycles. The zero-order valence-electron chi connectivity index (χ0n) is 11.9. The Labute approximate surface area is 111 Å². The Balaban J connectivity index is 1.63. The first-order chi connectivity index (χ1) is 8.70. The van der Waals surface area contributed by atoms with Crippen molar-refractivity contribution in [3.05, 3.63) is 12.2 Å². The van der Waals surface area contributed by atoms with Gasteiger partial charge >= 0.3 is 0 Å². The number of hydrogen-bond donors (Lipinski definition) is 0. The lowest BCUT2D eigenvalue weighted by Gasteiger charge is -2.20. The van der Waals surface area contributed by atoms with Gasteiger partial charge in [-0.2, -0.15) is 0 Å². The van der Waals surface area contributed by atoms with Crippen molar-refractivity contribution in [2.75, 3.05) is 13.1 Å². The Morgan fingerprint density at radius 1 is 1.22 bits per heavy atom. The molecule has 2 atom stereocenters. The van der Waals surface area contributed by atoms with Crippen LogP contribution in [0.4, 0.5) is 0 Å². The molecular weight excluding hydrogens is 222 g/mol. The fraction of sp³-hybridized carbons (Fsp3) is 0.812. The number of carbonyl (C=O) groups is 1. The van der Waals surface area contributed by atoms with Gasteiger partial charge in [0.1, 0.15) is 0 Å². The van der Waals surface area contributed by atoms with E-state index in [9.17, 15) is 4.79 Å². The molecule has 2 unspecified atom stereocenters. The van der Waals surface area contributed by atoms with Gasteiger partial charge in [0.15, 0.2) is 0 Å². The molecule has 2 rings (SSSR count). The van der Waals surface area contributed by atoms with Gasteiger partial charge in [0.25, 0.3) is 0 Å². The largest absolute Gasteiger partial charge is 0.342 e. The van der Waals surface area contributed by atoms with Crippen molar-refractivity contribution in [2.45, 2.75) is 52.4 Å². The Bertz CT molecular complexity index is 306. The summed E-state index contributed by atoms with van der Waals surface area (Å²) in [4.78, 5) is 13.7. The van der Waals surface area contributed by atoms with Gasteiger partial charge in [-0.15, -0.1) is 0 Å². The quantitative estimate of drug-likeness (QED) is 0.602. The molecule has 0 aliphatic heterocycles. The third-order valence-corrected chi connectivity index (χ3v) is 4.25. The van der Waals surface area contributed by atoms with Crippen LogP contribution in [-0.2, 0) is 4.79 Å². The van der Waals surface area contributed by atoms with Gasteiger partial charge in [-0.25, -0.2) is 0 Å². The average Bonchev–Trinajstić information content (AvgIpc) is 3.21. The van der Waals surface area contributed by atoms with Crippen LogP contribution in [0.2, 0.25) is 0 Å². The third-order valence-electron chi connectivity index (χ3n) is 4.25. The van der Waals surface area contributed by atoms with Crippen molar-refractivity contribution in [1.82, 2.24) is 4.90 Å². The molecular formula is C16H27NO. The minimum absolute atomic E-state index is 0.276. The Kier molecular flexibility index (Phi) is 4.85. The summed E-state index contributed by atoms with van der Waals surface area (Å²) in [6, 6.07) is 0. The molecule has 0 aromatic carbocycles. The van der Waals surface area contributed by atoms with Gasteiger partial charge in [0.2, 0.25) is 5.91 Å². The van der Waals surface area contributed by atoms with E-state index in [1.807, 2.05) is 0 Å². The SMILES string of the molecule is CCC=CCCC1CC1CN(CC1CC1)C(C)=O. The van der Waals surface area contributed by atoms with Crippen LogP contribution in [0.3, 0.4) is 0 Å². The average molecular weight is 249 g/mol. The highest BCUT2D eigenvalue weighted by molar-refractivity contribution is 5.73. The first-order valence-corrected chi connectivity index (χ1v) is 7.61. The number of rotatable bonds is 8. The molecule has 0 aromatic rings. The van der Waals surface area contributed by atoms with Crippen LogP contribution in [0.15, 0.2) is 12.2 Å². The van der Waals surface area contributed by atoms with E-state index in [0.717, 1.165) is 37.3 Å². The minimum atomic E-state index is 0.276. The first-order valence-electron chi connectivity index (χ1n) is 7.61. The van der Waals surface area contributed by atoms with E-state index in [2.05, 4.69) is 24.0 Å². The maximum absolute atomic E-state index is 11.6. The fourth-order valence-corrected chi connectivity index (χ4v) is 2.71.